The summed E-state index contributed by atoms with van der Waals surface area (Å²) in [7, 11) is 0. The van der Waals surface area contributed by atoms with E-state index < -0.39 is 11.8 Å². The third kappa shape index (κ3) is 5.00. The number of carbonyl (C=O) groups is 2. The van der Waals surface area contributed by atoms with Crippen molar-refractivity contribution in [2.75, 3.05) is 25.0 Å². The second-order valence-corrected chi connectivity index (χ2v) is 9.13. The molecule has 7 nitrogen and oxygen atoms in total. The van der Waals surface area contributed by atoms with Crippen LogP contribution in [0.5, 0.6) is 0 Å². The van der Waals surface area contributed by atoms with Gasteiger partial charge in [0.1, 0.15) is 5.82 Å². The van der Waals surface area contributed by atoms with E-state index in [-0.39, 0.29) is 23.1 Å². The highest BCUT2D eigenvalue weighted by atomic mass is 35.5. The van der Waals surface area contributed by atoms with Crippen LogP contribution in [-0.2, 0) is 0 Å². The number of halogens is 2. The number of hydrogen-bond acceptors (Lipinski definition) is 4. The lowest BCUT2D eigenvalue weighted by atomic mass is 10.1. The van der Waals surface area contributed by atoms with Crippen LogP contribution in [-0.4, -0.2) is 41.0 Å². The molecule has 1 fully saturated rings. The Morgan fingerprint density at radius 2 is 2.03 bits per heavy atom. The molecule has 0 bridgehead atoms. The minimum absolute atomic E-state index is 0.0362. The highest BCUT2D eigenvalue weighted by Gasteiger charge is 2.27. The lowest BCUT2D eigenvalue weighted by molar-refractivity contribution is 0.0952. The number of carbonyl (C=O) groups excluding carboxylic acids is 2. The average molecular weight is 475 g/mol. The second kappa shape index (κ2) is 9.54. The van der Waals surface area contributed by atoms with Crippen LogP contribution in [0.15, 0.2) is 59.5 Å². The van der Waals surface area contributed by atoms with E-state index in [2.05, 4.69) is 10.6 Å². The maximum atomic E-state index is 14.6. The molecule has 0 spiro atoms. The van der Waals surface area contributed by atoms with Crippen molar-refractivity contribution in [3.63, 3.8) is 0 Å². The van der Waals surface area contributed by atoms with Gasteiger partial charge in [-0.05, 0) is 42.7 Å². The zero-order chi connectivity index (χ0) is 22.7. The zero-order valence-electron chi connectivity index (χ0n) is 16.9. The number of anilines is 1. The normalized spacial score (nSPS) is 15.6. The predicted molar refractivity (Wildman–Crippen MR) is 122 cm³/mol. The maximum Gasteiger partial charge on any atom is 0.321 e. The number of benzene rings is 1. The third-order valence-corrected chi connectivity index (χ3v) is 6.45. The van der Waals surface area contributed by atoms with E-state index >= 15 is 0 Å². The van der Waals surface area contributed by atoms with Gasteiger partial charge in [0, 0.05) is 38.0 Å². The van der Waals surface area contributed by atoms with E-state index in [1.54, 1.807) is 41.4 Å². The second-order valence-electron chi connectivity index (χ2n) is 7.42. The molecule has 1 aliphatic heterocycles. The van der Waals surface area contributed by atoms with Crippen molar-refractivity contribution < 1.29 is 14.0 Å². The number of pyridine rings is 1. The molecule has 32 heavy (non-hydrogen) atoms. The van der Waals surface area contributed by atoms with Gasteiger partial charge >= 0.3 is 6.03 Å². The number of hydrogen-bond donors (Lipinski definition) is 2. The van der Waals surface area contributed by atoms with Gasteiger partial charge in [-0.2, -0.15) is 0 Å². The summed E-state index contributed by atoms with van der Waals surface area (Å²) in [6.07, 6.45) is 2.28. The van der Waals surface area contributed by atoms with Crippen molar-refractivity contribution in [2.24, 2.45) is 5.92 Å². The summed E-state index contributed by atoms with van der Waals surface area (Å²) in [5, 5.41) is 5.45. The van der Waals surface area contributed by atoms with Crippen molar-refractivity contribution in [1.29, 1.82) is 0 Å². The van der Waals surface area contributed by atoms with Gasteiger partial charge in [0.2, 0.25) is 0 Å². The van der Waals surface area contributed by atoms with Crippen molar-refractivity contribution in [2.45, 2.75) is 6.42 Å². The molecule has 0 aliphatic carbocycles. The molecule has 1 saturated heterocycles. The molecule has 3 amide bonds. The Hall–Kier alpha value is -3.17. The molecule has 3 heterocycles. The van der Waals surface area contributed by atoms with Crippen LogP contribution in [0.25, 0.3) is 5.69 Å². The summed E-state index contributed by atoms with van der Waals surface area (Å²) in [6, 6.07) is 11.8. The Morgan fingerprint density at radius 1 is 1.19 bits per heavy atom. The first-order valence-electron chi connectivity index (χ1n) is 9.98. The van der Waals surface area contributed by atoms with Gasteiger partial charge < -0.3 is 15.5 Å². The van der Waals surface area contributed by atoms with Crippen LogP contribution in [0, 0.1) is 11.7 Å². The summed E-state index contributed by atoms with van der Waals surface area (Å²) < 4.78 is 16.4. The number of amides is 3. The molecule has 1 aliphatic rings. The van der Waals surface area contributed by atoms with Gasteiger partial charge in [-0.15, -0.1) is 11.3 Å². The fourth-order valence-corrected chi connectivity index (χ4v) is 4.49. The molecular weight excluding hydrogens is 455 g/mol. The van der Waals surface area contributed by atoms with E-state index in [9.17, 15) is 18.8 Å². The SMILES string of the molecule is O=C(NCC1CCN(C(=O)Nc2ccc(-n3ccccc3=O)cc2F)C1)c1ccc(Cl)s1. The summed E-state index contributed by atoms with van der Waals surface area (Å²) in [5.41, 5.74) is 0.130. The number of urea groups is 1. The number of aromatic nitrogens is 1. The first-order chi connectivity index (χ1) is 15.4. The topological polar surface area (TPSA) is 83.4 Å². The molecule has 4 rings (SSSR count). The van der Waals surface area contributed by atoms with Crippen LogP contribution in [0.3, 0.4) is 0 Å². The molecule has 0 radical (unpaired) electrons. The quantitative estimate of drug-likeness (QED) is 0.586. The fourth-order valence-electron chi connectivity index (χ4n) is 3.53. The van der Waals surface area contributed by atoms with Crippen molar-refractivity contribution in [1.82, 2.24) is 14.8 Å². The molecule has 3 aromatic rings. The number of thiophene rings is 1. The van der Waals surface area contributed by atoms with E-state index in [0.29, 0.717) is 34.5 Å². The van der Waals surface area contributed by atoms with E-state index in [1.807, 2.05) is 0 Å². The van der Waals surface area contributed by atoms with E-state index in [4.69, 9.17) is 11.6 Å². The van der Waals surface area contributed by atoms with Gasteiger partial charge in [-0.1, -0.05) is 17.7 Å². The summed E-state index contributed by atoms with van der Waals surface area (Å²) in [5.74, 6) is -0.717. The molecule has 2 N–H and O–H groups in total. The van der Waals surface area contributed by atoms with Gasteiger partial charge in [-0.25, -0.2) is 9.18 Å². The Balaban J connectivity index is 1.32. The highest BCUT2D eigenvalue weighted by Crippen LogP contribution is 2.23. The summed E-state index contributed by atoms with van der Waals surface area (Å²) >= 11 is 7.07. The lowest BCUT2D eigenvalue weighted by Crippen LogP contribution is -2.35. The fraction of sp³-hybridized carbons (Fsp3) is 0.227. The van der Waals surface area contributed by atoms with Crippen LogP contribution in [0.2, 0.25) is 4.34 Å². The minimum Gasteiger partial charge on any atom is -0.351 e. The predicted octanol–water partition coefficient (Wildman–Crippen LogP) is 3.98. The van der Waals surface area contributed by atoms with Gasteiger partial charge in [0.05, 0.1) is 20.6 Å². The molecule has 166 valence electrons. The Bertz CT molecular complexity index is 1210. The first kappa shape index (κ1) is 22.0. The van der Waals surface area contributed by atoms with E-state index in [0.717, 1.165) is 6.42 Å². The average Bonchev–Trinajstić information content (AvgIpc) is 3.43. The first-order valence-corrected chi connectivity index (χ1v) is 11.2. The standard InChI is InChI=1S/C22H20ClFN4O3S/c23-19-7-6-18(32-19)21(30)25-12-14-8-10-27(13-14)22(31)26-17-5-4-15(11-16(17)24)28-9-2-1-3-20(28)29/h1-7,9,11,14H,8,10,12-13H2,(H,25,30)(H,26,31). The molecule has 1 aromatic carbocycles. The monoisotopic (exact) mass is 474 g/mol. The Labute approximate surface area is 192 Å². The summed E-state index contributed by atoms with van der Waals surface area (Å²) in [6.45, 7) is 1.40. The molecule has 1 unspecified atom stereocenters. The van der Waals surface area contributed by atoms with Crippen molar-refractivity contribution in [3.8, 4) is 5.69 Å². The van der Waals surface area contributed by atoms with Gasteiger partial charge in [0.25, 0.3) is 11.5 Å². The van der Waals surface area contributed by atoms with Crippen LogP contribution >= 0.6 is 22.9 Å². The molecule has 2 aromatic heterocycles. The zero-order valence-corrected chi connectivity index (χ0v) is 18.5. The van der Waals surface area contributed by atoms with Crippen LogP contribution in [0.1, 0.15) is 16.1 Å². The minimum atomic E-state index is -0.635. The van der Waals surface area contributed by atoms with Crippen LogP contribution in [0.4, 0.5) is 14.9 Å². The third-order valence-electron chi connectivity index (χ3n) is 5.22. The Kier molecular flexibility index (Phi) is 6.57. The summed E-state index contributed by atoms with van der Waals surface area (Å²) in [4.78, 5) is 38.8. The van der Waals surface area contributed by atoms with Crippen molar-refractivity contribution in [3.05, 3.63) is 80.1 Å². The highest BCUT2D eigenvalue weighted by molar-refractivity contribution is 7.18. The Morgan fingerprint density at radius 3 is 2.75 bits per heavy atom. The van der Waals surface area contributed by atoms with Gasteiger partial charge in [-0.3, -0.25) is 14.2 Å². The lowest BCUT2D eigenvalue weighted by Gasteiger charge is -2.18. The molecule has 1 atom stereocenters. The number of nitrogens with one attached hydrogen (secondary N) is 2. The number of nitrogens with zero attached hydrogens (tertiary/aromatic N) is 2. The number of rotatable bonds is 5. The molecular formula is C22H20ClFN4O3S. The van der Waals surface area contributed by atoms with Crippen LogP contribution < -0.4 is 16.2 Å². The van der Waals surface area contributed by atoms with E-state index in [1.165, 1.54) is 34.1 Å². The van der Waals surface area contributed by atoms with Crippen molar-refractivity contribution >= 4 is 40.6 Å². The van der Waals surface area contributed by atoms with Gasteiger partial charge in [0.15, 0.2) is 0 Å². The smallest absolute Gasteiger partial charge is 0.321 e. The number of likely N-dealkylation sites (tertiary alicyclic amines) is 1. The largest absolute Gasteiger partial charge is 0.351 e. The molecule has 10 heteroatoms. The molecule has 0 saturated carbocycles. The maximum absolute atomic E-state index is 14.6.